The van der Waals surface area contributed by atoms with Gasteiger partial charge in [0.2, 0.25) is 0 Å². The Morgan fingerprint density at radius 1 is 1.12 bits per heavy atom. The third-order valence-corrected chi connectivity index (χ3v) is 6.68. The molecule has 1 unspecified atom stereocenters. The van der Waals surface area contributed by atoms with Gasteiger partial charge in [0.1, 0.15) is 17.3 Å². The van der Waals surface area contributed by atoms with Gasteiger partial charge in [-0.2, -0.15) is 9.61 Å². The van der Waals surface area contributed by atoms with Crippen molar-refractivity contribution in [2.24, 2.45) is 5.92 Å². The van der Waals surface area contributed by atoms with E-state index in [1.54, 1.807) is 41.0 Å². The summed E-state index contributed by atoms with van der Waals surface area (Å²) in [6.45, 7) is 1.91. The molecular weight excluding hydrogens is 498 g/mol. The van der Waals surface area contributed by atoms with Gasteiger partial charge in [-0.1, -0.05) is 24.3 Å². The number of hydrogen-bond acceptors (Lipinski definition) is 6. The first-order chi connectivity index (χ1) is 16.5. The maximum Gasteiger partial charge on any atom is 0.257 e. The zero-order valence-electron chi connectivity index (χ0n) is 18.4. The number of likely N-dealkylation sites (tertiary alicyclic amines) is 1. The summed E-state index contributed by atoms with van der Waals surface area (Å²) in [4.78, 5) is 19.4. The zero-order valence-corrected chi connectivity index (χ0v) is 19.9. The molecule has 3 heterocycles. The van der Waals surface area contributed by atoms with E-state index < -0.39 is 0 Å². The minimum absolute atomic E-state index is 0.00730. The first-order valence-corrected chi connectivity index (χ1v) is 11.9. The quantitative estimate of drug-likeness (QED) is 0.356. The van der Waals surface area contributed by atoms with Gasteiger partial charge < -0.3 is 20.4 Å². The first kappa shape index (κ1) is 22.2. The van der Waals surface area contributed by atoms with Crippen molar-refractivity contribution >= 4 is 33.3 Å². The van der Waals surface area contributed by atoms with Crippen LogP contribution in [0.25, 0.3) is 16.9 Å². The fourth-order valence-electron chi connectivity index (χ4n) is 4.38. The predicted octanol–water partition coefficient (Wildman–Crippen LogP) is 4.53. The van der Waals surface area contributed by atoms with Crippen molar-refractivity contribution in [1.82, 2.24) is 19.5 Å². The molecule has 174 valence electrons. The molecule has 3 N–H and O–H groups in total. The second-order valence-electron chi connectivity index (χ2n) is 8.43. The van der Waals surface area contributed by atoms with Crippen LogP contribution in [0, 0.1) is 5.92 Å². The SMILES string of the molecule is O=C(c1ccccc1O)N1CCCC(CNc2cc(-c3ccccc3O)nc3c(Br)cnn23)C1. The van der Waals surface area contributed by atoms with Gasteiger partial charge in [0.15, 0.2) is 5.65 Å². The monoisotopic (exact) mass is 521 g/mol. The molecule has 2 aromatic carbocycles. The number of carbonyl (C=O) groups excluding carboxylic acids is 1. The standard InChI is InChI=1S/C25H24BrN5O3/c26-19-14-28-31-23(12-20(29-24(19)31)17-7-1-3-9-21(17)32)27-13-16-6-5-11-30(15-16)25(34)18-8-2-4-10-22(18)33/h1-4,7-10,12,14,16,27,32-33H,5-6,11,13,15H2. The second-order valence-corrected chi connectivity index (χ2v) is 9.28. The Morgan fingerprint density at radius 2 is 1.88 bits per heavy atom. The molecule has 1 fully saturated rings. The number of para-hydroxylation sites is 2. The maximum absolute atomic E-state index is 12.9. The Kier molecular flexibility index (Phi) is 6.10. The molecule has 1 amide bonds. The normalized spacial score (nSPS) is 16.0. The van der Waals surface area contributed by atoms with Crippen LogP contribution in [0.2, 0.25) is 0 Å². The van der Waals surface area contributed by atoms with Gasteiger partial charge >= 0.3 is 0 Å². The van der Waals surface area contributed by atoms with E-state index in [2.05, 4.69) is 31.3 Å². The molecule has 0 bridgehead atoms. The number of carbonyl (C=O) groups is 1. The Hall–Kier alpha value is -3.59. The van der Waals surface area contributed by atoms with E-state index in [0.29, 0.717) is 42.1 Å². The summed E-state index contributed by atoms with van der Waals surface area (Å²) in [5.41, 5.74) is 2.25. The van der Waals surface area contributed by atoms with Crippen LogP contribution in [0.5, 0.6) is 11.5 Å². The van der Waals surface area contributed by atoms with E-state index in [1.807, 2.05) is 23.1 Å². The average Bonchev–Trinajstić information content (AvgIpc) is 3.23. The third kappa shape index (κ3) is 4.31. The van der Waals surface area contributed by atoms with Crippen LogP contribution in [0.1, 0.15) is 23.2 Å². The Morgan fingerprint density at radius 3 is 2.68 bits per heavy atom. The molecule has 5 rings (SSSR count). The molecule has 8 nitrogen and oxygen atoms in total. The number of nitrogens with zero attached hydrogens (tertiary/aromatic N) is 4. The van der Waals surface area contributed by atoms with Crippen molar-refractivity contribution in [3.05, 3.63) is 70.8 Å². The number of aromatic hydroxyl groups is 2. The third-order valence-electron chi connectivity index (χ3n) is 6.12. The van der Waals surface area contributed by atoms with Crippen molar-refractivity contribution in [3.8, 4) is 22.8 Å². The number of piperidine rings is 1. The van der Waals surface area contributed by atoms with E-state index in [0.717, 1.165) is 23.1 Å². The fourth-order valence-corrected chi connectivity index (χ4v) is 4.73. The molecule has 0 radical (unpaired) electrons. The van der Waals surface area contributed by atoms with Crippen LogP contribution < -0.4 is 5.32 Å². The van der Waals surface area contributed by atoms with Crippen molar-refractivity contribution in [2.75, 3.05) is 25.0 Å². The summed E-state index contributed by atoms with van der Waals surface area (Å²) in [5, 5.41) is 28.3. The van der Waals surface area contributed by atoms with E-state index >= 15 is 0 Å². The maximum atomic E-state index is 12.9. The molecular formula is C25H24BrN5O3. The number of phenols is 2. The number of halogens is 1. The van der Waals surface area contributed by atoms with Gasteiger partial charge in [0.05, 0.1) is 21.9 Å². The number of nitrogens with one attached hydrogen (secondary N) is 1. The van der Waals surface area contributed by atoms with Crippen LogP contribution in [0.3, 0.4) is 0 Å². The number of aromatic nitrogens is 3. The van der Waals surface area contributed by atoms with Gasteiger partial charge in [0, 0.05) is 31.3 Å². The summed E-state index contributed by atoms with van der Waals surface area (Å²) in [7, 11) is 0. The molecule has 1 aliphatic rings. The van der Waals surface area contributed by atoms with Crippen LogP contribution in [0.15, 0.2) is 65.3 Å². The number of rotatable bonds is 5. The molecule has 1 saturated heterocycles. The number of amides is 1. The van der Waals surface area contributed by atoms with Crippen LogP contribution >= 0.6 is 15.9 Å². The molecule has 1 atom stereocenters. The lowest BCUT2D eigenvalue weighted by molar-refractivity contribution is 0.0677. The van der Waals surface area contributed by atoms with E-state index in [1.165, 1.54) is 6.07 Å². The topological polar surface area (TPSA) is 103 Å². The van der Waals surface area contributed by atoms with Crippen molar-refractivity contribution < 1.29 is 15.0 Å². The lowest BCUT2D eigenvalue weighted by Gasteiger charge is -2.33. The van der Waals surface area contributed by atoms with E-state index in [-0.39, 0.29) is 23.3 Å². The minimum Gasteiger partial charge on any atom is -0.507 e. The molecule has 0 saturated carbocycles. The average molecular weight is 522 g/mol. The van der Waals surface area contributed by atoms with Gasteiger partial charge in [-0.25, -0.2) is 4.98 Å². The smallest absolute Gasteiger partial charge is 0.257 e. The molecule has 34 heavy (non-hydrogen) atoms. The second kappa shape index (κ2) is 9.34. The van der Waals surface area contributed by atoms with Crippen LogP contribution in [-0.4, -0.2) is 55.3 Å². The number of anilines is 1. The Bertz CT molecular complexity index is 1360. The van der Waals surface area contributed by atoms with Crippen LogP contribution in [0.4, 0.5) is 5.82 Å². The lowest BCUT2D eigenvalue weighted by Crippen LogP contribution is -2.42. The highest BCUT2D eigenvalue weighted by atomic mass is 79.9. The van der Waals surface area contributed by atoms with Gasteiger partial charge in [-0.3, -0.25) is 4.79 Å². The lowest BCUT2D eigenvalue weighted by atomic mass is 9.97. The molecule has 9 heteroatoms. The Balaban J connectivity index is 1.36. The van der Waals surface area contributed by atoms with Crippen molar-refractivity contribution in [2.45, 2.75) is 12.8 Å². The highest BCUT2D eigenvalue weighted by Gasteiger charge is 2.26. The number of phenolic OH excluding ortho intramolecular Hbond substituents is 2. The highest BCUT2D eigenvalue weighted by Crippen LogP contribution is 2.31. The molecule has 2 aromatic heterocycles. The summed E-state index contributed by atoms with van der Waals surface area (Å²) < 4.78 is 2.48. The summed E-state index contributed by atoms with van der Waals surface area (Å²) in [5.74, 6) is 1.00. The Labute approximate surface area is 205 Å². The van der Waals surface area contributed by atoms with Crippen LogP contribution in [-0.2, 0) is 0 Å². The minimum atomic E-state index is -0.146. The van der Waals surface area contributed by atoms with Crippen molar-refractivity contribution in [3.63, 3.8) is 0 Å². The van der Waals surface area contributed by atoms with E-state index in [4.69, 9.17) is 0 Å². The summed E-state index contributed by atoms with van der Waals surface area (Å²) in [6.07, 6.45) is 3.57. The molecule has 0 spiro atoms. The summed E-state index contributed by atoms with van der Waals surface area (Å²) >= 11 is 3.51. The van der Waals surface area contributed by atoms with Crippen molar-refractivity contribution in [1.29, 1.82) is 0 Å². The van der Waals surface area contributed by atoms with Gasteiger partial charge in [-0.05, 0) is 59.0 Å². The number of hydrogen-bond donors (Lipinski definition) is 3. The number of fused-ring (bicyclic) bond motifs is 1. The number of benzene rings is 2. The zero-order chi connectivity index (χ0) is 23.7. The predicted molar refractivity (Wildman–Crippen MR) is 133 cm³/mol. The first-order valence-electron chi connectivity index (χ1n) is 11.1. The highest BCUT2D eigenvalue weighted by molar-refractivity contribution is 9.10. The molecule has 4 aromatic rings. The van der Waals surface area contributed by atoms with Gasteiger partial charge in [-0.15, -0.1) is 0 Å². The van der Waals surface area contributed by atoms with Gasteiger partial charge in [0.25, 0.3) is 5.91 Å². The molecule has 1 aliphatic heterocycles. The van der Waals surface area contributed by atoms with E-state index in [9.17, 15) is 15.0 Å². The largest absolute Gasteiger partial charge is 0.507 e. The fraction of sp³-hybridized carbons (Fsp3) is 0.240. The molecule has 0 aliphatic carbocycles. The summed E-state index contributed by atoms with van der Waals surface area (Å²) in [6, 6.07) is 15.6.